The van der Waals surface area contributed by atoms with Crippen molar-refractivity contribution in [3.63, 3.8) is 0 Å². The summed E-state index contributed by atoms with van der Waals surface area (Å²) in [6.07, 6.45) is 2.78. The number of nitrogens with one attached hydrogen (secondary N) is 1. The second-order valence-corrected chi connectivity index (χ2v) is 4.92. The van der Waals surface area contributed by atoms with E-state index in [2.05, 4.69) is 23.3 Å². The molecule has 1 aromatic carbocycles. The van der Waals surface area contributed by atoms with Crippen LogP contribution in [0.4, 0.5) is 4.39 Å². The average molecular weight is 258 g/mol. The molecule has 2 aromatic rings. The van der Waals surface area contributed by atoms with Gasteiger partial charge < -0.3 is 5.32 Å². The van der Waals surface area contributed by atoms with Crippen LogP contribution in [0.5, 0.6) is 0 Å². The average Bonchev–Trinajstić information content (AvgIpc) is 2.41. The number of benzene rings is 1. The Labute approximate surface area is 113 Å². The molecule has 0 bridgehead atoms. The lowest BCUT2D eigenvalue weighted by Gasteiger charge is -2.14. The maximum Gasteiger partial charge on any atom is 0.123 e. The van der Waals surface area contributed by atoms with Crippen LogP contribution in [-0.4, -0.2) is 11.0 Å². The van der Waals surface area contributed by atoms with E-state index >= 15 is 0 Å². The van der Waals surface area contributed by atoms with Gasteiger partial charge in [-0.3, -0.25) is 4.98 Å². The number of hydrogen-bond acceptors (Lipinski definition) is 2. The zero-order valence-electron chi connectivity index (χ0n) is 11.4. The summed E-state index contributed by atoms with van der Waals surface area (Å²) >= 11 is 0. The van der Waals surface area contributed by atoms with Gasteiger partial charge in [-0.05, 0) is 49.6 Å². The van der Waals surface area contributed by atoms with Gasteiger partial charge in [-0.15, -0.1) is 0 Å². The Hall–Kier alpha value is -1.74. The van der Waals surface area contributed by atoms with Crippen molar-refractivity contribution in [2.75, 3.05) is 0 Å². The molecule has 0 aliphatic rings. The number of halogens is 1. The van der Waals surface area contributed by atoms with Crippen LogP contribution in [0.2, 0.25) is 0 Å². The fourth-order valence-electron chi connectivity index (χ4n) is 1.94. The fraction of sp³-hybridized carbons (Fsp3) is 0.312. The van der Waals surface area contributed by atoms with E-state index in [1.807, 2.05) is 31.3 Å². The molecular formula is C16H19FN2. The highest BCUT2D eigenvalue weighted by Gasteiger charge is 2.03. The molecule has 0 fully saturated rings. The van der Waals surface area contributed by atoms with E-state index in [0.29, 0.717) is 6.04 Å². The lowest BCUT2D eigenvalue weighted by Crippen LogP contribution is -2.27. The predicted octanol–water partition coefficient (Wildman–Crippen LogP) is 3.25. The first-order chi connectivity index (χ1) is 9.13. The van der Waals surface area contributed by atoms with Crippen LogP contribution in [-0.2, 0) is 13.0 Å². The van der Waals surface area contributed by atoms with Crippen molar-refractivity contribution < 1.29 is 4.39 Å². The molecule has 1 unspecified atom stereocenters. The van der Waals surface area contributed by atoms with Crippen molar-refractivity contribution in [1.82, 2.24) is 10.3 Å². The first-order valence-corrected chi connectivity index (χ1v) is 6.53. The Bertz CT molecular complexity index is 505. The van der Waals surface area contributed by atoms with E-state index in [1.165, 1.54) is 17.7 Å². The van der Waals surface area contributed by atoms with Gasteiger partial charge in [0, 0.05) is 24.5 Å². The van der Waals surface area contributed by atoms with Crippen molar-refractivity contribution in [3.8, 4) is 0 Å². The zero-order valence-corrected chi connectivity index (χ0v) is 11.4. The van der Waals surface area contributed by atoms with Gasteiger partial charge in [-0.1, -0.05) is 18.2 Å². The molecule has 1 aromatic heterocycles. The first-order valence-electron chi connectivity index (χ1n) is 6.53. The van der Waals surface area contributed by atoms with Gasteiger partial charge in [-0.2, -0.15) is 0 Å². The molecule has 2 nitrogen and oxygen atoms in total. The number of pyridine rings is 1. The molecule has 1 atom stereocenters. The maximum atomic E-state index is 12.8. The lowest BCUT2D eigenvalue weighted by molar-refractivity contribution is 0.544. The van der Waals surface area contributed by atoms with Crippen LogP contribution in [0.15, 0.2) is 42.6 Å². The van der Waals surface area contributed by atoms with E-state index in [0.717, 1.165) is 24.2 Å². The summed E-state index contributed by atoms with van der Waals surface area (Å²) in [4.78, 5) is 4.27. The molecule has 0 amide bonds. The highest BCUT2D eigenvalue weighted by atomic mass is 19.1. The molecule has 0 radical (unpaired) electrons. The Balaban J connectivity index is 1.82. The minimum atomic E-state index is -0.185. The molecular weight excluding hydrogens is 239 g/mol. The van der Waals surface area contributed by atoms with E-state index in [4.69, 9.17) is 0 Å². The highest BCUT2D eigenvalue weighted by molar-refractivity contribution is 5.17. The van der Waals surface area contributed by atoms with Gasteiger partial charge in [0.1, 0.15) is 5.82 Å². The summed E-state index contributed by atoms with van der Waals surface area (Å²) in [5.74, 6) is -0.185. The summed E-state index contributed by atoms with van der Waals surface area (Å²) in [6.45, 7) is 4.91. The van der Waals surface area contributed by atoms with Gasteiger partial charge in [-0.25, -0.2) is 4.39 Å². The SMILES string of the molecule is Cc1ccc(CNC(C)Cc2ccc(F)cc2)cn1. The summed E-state index contributed by atoms with van der Waals surface area (Å²) in [7, 11) is 0. The molecule has 0 spiro atoms. The second-order valence-electron chi connectivity index (χ2n) is 4.92. The zero-order chi connectivity index (χ0) is 13.7. The molecule has 1 N–H and O–H groups in total. The van der Waals surface area contributed by atoms with Gasteiger partial charge in [0.15, 0.2) is 0 Å². The van der Waals surface area contributed by atoms with Crippen LogP contribution in [0, 0.1) is 12.7 Å². The van der Waals surface area contributed by atoms with Crippen molar-refractivity contribution in [3.05, 3.63) is 65.2 Å². The van der Waals surface area contributed by atoms with Crippen LogP contribution in [0.25, 0.3) is 0 Å². The first kappa shape index (κ1) is 13.7. The Morgan fingerprint density at radius 1 is 1.11 bits per heavy atom. The summed E-state index contributed by atoms with van der Waals surface area (Å²) in [5.41, 5.74) is 3.35. The van der Waals surface area contributed by atoms with E-state index < -0.39 is 0 Å². The number of hydrogen-bond donors (Lipinski definition) is 1. The van der Waals surface area contributed by atoms with E-state index in [9.17, 15) is 4.39 Å². The molecule has 0 saturated heterocycles. The lowest BCUT2D eigenvalue weighted by atomic mass is 10.1. The Kier molecular flexibility index (Phi) is 4.63. The third-order valence-corrected chi connectivity index (χ3v) is 3.08. The number of nitrogens with zero attached hydrogens (tertiary/aromatic N) is 1. The minimum Gasteiger partial charge on any atom is -0.310 e. The largest absolute Gasteiger partial charge is 0.310 e. The van der Waals surface area contributed by atoms with Gasteiger partial charge in [0.2, 0.25) is 0 Å². The monoisotopic (exact) mass is 258 g/mol. The molecule has 100 valence electrons. The van der Waals surface area contributed by atoms with Crippen LogP contribution < -0.4 is 5.32 Å². The second kappa shape index (κ2) is 6.43. The van der Waals surface area contributed by atoms with Crippen molar-refractivity contribution in [2.24, 2.45) is 0 Å². The van der Waals surface area contributed by atoms with Crippen molar-refractivity contribution in [2.45, 2.75) is 32.9 Å². The summed E-state index contributed by atoms with van der Waals surface area (Å²) in [5, 5.41) is 3.45. The third kappa shape index (κ3) is 4.45. The number of rotatable bonds is 5. The van der Waals surface area contributed by atoms with E-state index in [1.54, 1.807) is 0 Å². The van der Waals surface area contributed by atoms with Gasteiger partial charge in [0.05, 0.1) is 0 Å². The van der Waals surface area contributed by atoms with E-state index in [-0.39, 0.29) is 5.82 Å². The van der Waals surface area contributed by atoms with Crippen LogP contribution >= 0.6 is 0 Å². The quantitative estimate of drug-likeness (QED) is 0.890. The third-order valence-electron chi connectivity index (χ3n) is 3.08. The molecule has 3 heteroatoms. The topological polar surface area (TPSA) is 24.9 Å². The minimum absolute atomic E-state index is 0.185. The molecule has 0 aliphatic carbocycles. The maximum absolute atomic E-state index is 12.8. The van der Waals surface area contributed by atoms with Gasteiger partial charge >= 0.3 is 0 Å². The number of aromatic nitrogens is 1. The van der Waals surface area contributed by atoms with Crippen LogP contribution in [0.1, 0.15) is 23.7 Å². The highest BCUT2D eigenvalue weighted by Crippen LogP contribution is 2.06. The molecule has 0 saturated carbocycles. The smallest absolute Gasteiger partial charge is 0.123 e. The summed E-state index contributed by atoms with van der Waals surface area (Å²) in [6, 6.07) is 11.1. The van der Waals surface area contributed by atoms with Crippen molar-refractivity contribution >= 4 is 0 Å². The molecule has 2 rings (SSSR count). The normalized spacial score (nSPS) is 12.4. The molecule has 19 heavy (non-hydrogen) atoms. The van der Waals surface area contributed by atoms with Crippen LogP contribution in [0.3, 0.4) is 0 Å². The number of aryl methyl sites for hydroxylation is 1. The predicted molar refractivity (Wildman–Crippen MR) is 75.4 cm³/mol. The van der Waals surface area contributed by atoms with Crippen molar-refractivity contribution in [1.29, 1.82) is 0 Å². The Morgan fingerprint density at radius 2 is 1.79 bits per heavy atom. The molecule has 1 heterocycles. The van der Waals surface area contributed by atoms with Gasteiger partial charge in [0.25, 0.3) is 0 Å². The molecule has 0 aliphatic heterocycles. The Morgan fingerprint density at radius 3 is 2.42 bits per heavy atom. The fourth-order valence-corrected chi connectivity index (χ4v) is 1.94. The summed E-state index contributed by atoms with van der Waals surface area (Å²) < 4.78 is 12.8. The standard InChI is InChI=1S/C16H19FN2/c1-12-3-4-15(10-18-12)11-19-13(2)9-14-5-7-16(17)8-6-14/h3-8,10,13,19H,9,11H2,1-2H3.